The zero-order valence-corrected chi connectivity index (χ0v) is 14.4. The molecule has 1 atom stereocenters. The van der Waals surface area contributed by atoms with Crippen LogP contribution in [0.2, 0.25) is 0 Å². The van der Waals surface area contributed by atoms with Gasteiger partial charge in [0.2, 0.25) is 0 Å². The van der Waals surface area contributed by atoms with Crippen molar-refractivity contribution in [1.29, 1.82) is 5.26 Å². The second kappa shape index (κ2) is 8.47. The number of unbranched alkanes of at least 4 members (excludes halogenated alkanes) is 1. The number of rotatable bonds is 7. The molecule has 4 nitrogen and oxygen atoms in total. The molecule has 2 rings (SSSR count). The molecule has 2 aromatic rings. The number of nitrogens with one attached hydrogen (secondary N) is 1. The Morgan fingerprint density at radius 3 is 2.74 bits per heavy atom. The Morgan fingerprint density at radius 1 is 1.35 bits per heavy atom. The molecule has 1 aromatic carbocycles. The summed E-state index contributed by atoms with van der Waals surface area (Å²) in [4.78, 5) is 5.70. The van der Waals surface area contributed by atoms with E-state index in [-0.39, 0.29) is 11.3 Å². The van der Waals surface area contributed by atoms with Crippen molar-refractivity contribution in [3.63, 3.8) is 0 Å². The highest BCUT2D eigenvalue weighted by atomic mass is 32.1. The first-order valence-corrected chi connectivity index (χ1v) is 8.68. The number of quaternary nitrogens is 1. The summed E-state index contributed by atoms with van der Waals surface area (Å²) >= 11 is 1.39. The first-order valence-electron chi connectivity index (χ1n) is 7.80. The molecule has 5 heteroatoms. The molecule has 0 aliphatic heterocycles. The topological polar surface area (TPSA) is 61.4 Å². The predicted octanol–water partition coefficient (Wildman–Crippen LogP) is 2.92. The number of hydrogen-bond donors (Lipinski definition) is 2. The summed E-state index contributed by atoms with van der Waals surface area (Å²) in [6, 6.07) is 11.9. The van der Waals surface area contributed by atoms with E-state index < -0.39 is 0 Å². The van der Waals surface area contributed by atoms with Crippen LogP contribution >= 0.6 is 11.3 Å². The maximum absolute atomic E-state index is 10.3. The molecule has 23 heavy (non-hydrogen) atoms. The van der Waals surface area contributed by atoms with Crippen LogP contribution in [-0.2, 0) is 0 Å². The third-order valence-corrected chi connectivity index (χ3v) is 4.47. The van der Waals surface area contributed by atoms with Crippen molar-refractivity contribution in [2.24, 2.45) is 0 Å². The molecule has 0 aliphatic carbocycles. The first-order chi connectivity index (χ1) is 11.2. The van der Waals surface area contributed by atoms with Crippen LogP contribution in [0.3, 0.4) is 0 Å². The van der Waals surface area contributed by atoms with Crippen molar-refractivity contribution in [2.45, 2.75) is 19.8 Å². The Labute approximate surface area is 141 Å². The van der Waals surface area contributed by atoms with Crippen LogP contribution in [0, 0.1) is 11.3 Å². The normalized spacial score (nSPS) is 13.3. The summed E-state index contributed by atoms with van der Waals surface area (Å²) in [7, 11) is 2.03. The minimum absolute atomic E-state index is 0.120. The highest BCUT2D eigenvalue weighted by Crippen LogP contribution is 2.26. The quantitative estimate of drug-likeness (QED) is 0.607. The molecule has 0 aliphatic rings. The first kappa shape index (κ1) is 17.2. The lowest BCUT2D eigenvalue weighted by Gasteiger charge is -2.13. The number of thiazole rings is 1. The number of hydrogen-bond acceptors (Lipinski definition) is 4. The summed E-state index contributed by atoms with van der Waals surface area (Å²) in [6.07, 6.45) is 2.23. The average Bonchev–Trinajstić information content (AvgIpc) is 3.04. The molecule has 0 amide bonds. The van der Waals surface area contributed by atoms with Gasteiger partial charge >= 0.3 is 0 Å². The van der Waals surface area contributed by atoms with E-state index in [0.717, 1.165) is 30.6 Å². The van der Waals surface area contributed by atoms with Gasteiger partial charge in [-0.05, 0) is 6.42 Å². The molecule has 120 valence electrons. The minimum atomic E-state index is 0.120. The summed E-state index contributed by atoms with van der Waals surface area (Å²) in [5, 5.41) is 22.2. The van der Waals surface area contributed by atoms with Gasteiger partial charge in [0.25, 0.3) is 0 Å². The van der Waals surface area contributed by atoms with Gasteiger partial charge in [0, 0.05) is 10.9 Å². The van der Waals surface area contributed by atoms with Gasteiger partial charge in [-0.25, -0.2) is 4.98 Å². The lowest BCUT2D eigenvalue weighted by Crippen LogP contribution is -3.09. The number of aliphatic hydroxyl groups is 1. The maximum Gasteiger partial charge on any atom is 0.168 e. The van der Waals surface area contributed by atoms with E-state index in [1.807, 2.05) is 42.8 Å². The van der Waals surface area contributed by atoms with Crippen molar-refractivity contribution in [3.05, 3.63) is 46.5 Å². The van der Waals surface area contributed by atoms with Crippen molar-refractivity contribution in [1.82, 2.24) is 4.98 Å². The van der Waals surface area contributed by atoms with Gasteiger partial charge in [-0.3, -0.25) is 0 Å². The third-order valence-electron chi connectivity index (χ3n) is 3.61. The van der Waals surface area contributed by atoms with Crippen molar-refractivity contribution in [3.8, 4) is 17.3 Å². The van der Waals surface area contributed by atoms with Crippen LogP contribution in [0.25, 0.3) is 16.8 Å². The van der Waals surface area contributed by atoms with Gasteiger partial charge in [-0.15, -0.1) is 11.3 Å². The van der Waals surface area contributed by atoms with Gasteiger partial charge in [0.1, 0.15) is 23.2 Å². The van der Waals surface area contributed by atoms with Crippen molar-refractivity contribution < 1.29 is 10.0 Å². The number of benzene rings is 1. The monoisotopic (exact) mass is 328 g/mol. The summed E-state index contributed by atoms with van der Waals surface area (Å²) in [5.74, 6) is 0.120. The van der Waals surface area contributed by atoms with E-state index >= 15 is 0 Å². The summed E-state index contributed by atoms with van der Waals surface area (Å²) in [6.45, 7) is 3.57. The second-order valence-corrected chi connectivity index (χ2v) is 6.43. The van der Waals surface area contributed by atoms with Crippen molar-refractivity contribution in [2.75, 3.05) is 20.1 Å². The van der Waals surface area contributed by atoms with Crippen molar-refractivity contribution >= 4 is 16.9 Å². The molecule has 1 aromatic heterocycles. The van der Waals surface area contributed by atoms with Gasteiger partial charge in [0.15, 0.2) is 5.76 Å². The van der Waals surface area contributed by atoms with Gasteiger partial charge < -0.3 is 10.0 Å². The van der Waals surface area contributed by atoms with E-state index in [2.05, 4.69) is 18.0 Å². The van der Waals surface area contributed by atoms with Crippen LogP contribution < -0.4 is 4.90 Å². The molecule has 1 unspecified atom stereocenters. The highest BCUT2D eigenvalue weighted by molar-refractivity contribution is 7.11. The fraction of sp³-hybridized carbons (Fsp3) is 0.333. The number of nitriles is 1. The molecule has 0 fully saturated rings. The molecule has 0 bridgehead atoms. The van der Waals surface area contributed by atoms with E-state index in [4.69, 9.17) is 0 Å². The van der Waals surface area contributed by atoms with Crippen LogP contribution in [0.1, 0.15) is 24.8 Å². The standard InChI is InChI=1S/C18H21N3OS/c1-3-4-10-21(2)12-17(22)15(11-19)18-20-16(13-23-18)14-8-6-5-7-9-14/h5-9,13,22H,3-4,10,12H2,1-2H3/p+1/b17-15-. The number of aromatic nitrogens is 1. The number of likely N-dealkylation sites (N-methyl/N-ethyl adjacent to an activating group) is 1. The summed E-state index contributed by atoms with van der Waals surface area (Å²) < 4.78 is 0. The van der Waals surface area contributed by atoms with E-state index in [9.17, 15) is 10.4 Å². The maximum atomic E-state index is 10.3. The number of aliphatic hydroxyl groups excluding tert-OH is 1. The Balaban J connectivity index is 2.19. The molecule has 0 saturated carbocycles. The zero-order valence-electron chi connectivity index (χ0n) is 13.5. The lowest BCUT2D eigenvalue weighted by molar-refractivity contribution is -0.876. The molecular weight excluding hydrogens is 306 g/mol. The van der Waals surface area contributed by atoms with Crippen LogP contribution in [0.15, 0.2) is 41.5 Å². The third kappa shape index (κ3) is 4.65. The lowest BCUT2D eigenvalue weighted by atomic mass is 10.2. The smallest absolute Gasteiger partial charge is 0.168 e. The molecule has 0 spiro atoms. The molecule has 2 N–H and O–H groups in total. The Kier molecular flexibility index (Phi) is 6.33. The minimum Gasteiger partial charge on any atom is -0.506 e. The largest absolute Gasteiger partial charge is 0.506 e. The van der Waals surface area contributed by atoms with E-state index in [1.54, 1.807) is 0 Å². The highest BCUT2D eigenvalue weighted by Gasteiger charge is 2.16. The average molecular weight is 328 g/mol. The fourth-order valence-corrected chi connectivity index (χ4v) is 3.15. The van der Waals surface area contributed by atoms with E-state index in [1.165, 1.54) is 16.2 Å². The van der Waals surface area contributed by atoms with Crippen LogP contribution in [0.4, 0.5) is 0 Å². The van der Waals surface area contributed by atoms with Gasteiger partial charge in [-0.2, -0.15) is 5.26 Å². The fourth-order valence-electron chi connectivity index (χ4n) is 2.31. The Hall–Kier alpha value is -2.16. The number of nitrogens with zero attached hydrogens (tertiary/aromatic N) is 2. The molecule has 0 saturated heterocycles. The van der Waals surface area contributed by atoms with Crippen LogP contribution in [0.5, 0.6) is 0 Å². The molecule has 1 heterocycles. The predicted molar refractivity (Wildman–Crippen MR) is 94.2 cm³/mol. The van der Waals surface area contributed by atoms with Crippen LogP contribution in [-0.4, -0.2) is 30.2 Å². The Bertz CT molecular complexity index is 701. The molecule has 0 radical (unpaired) electrons. The zero-order chi connectivity index (χ0) is 16.7. The van der Waals surface area contributed by atoms with Gasteiger partial charge in [0.05, 0.1) is 19.3 Å². The summed E-state index contributed by atoms with van der Waals surface area (Å²) in [5.41, 5.74) is 2.13. The Morgan fingerprint density at radius 2 is 2.09 bits per heavy atom. The van der Waals surface area contributed by atoms with E-state index in [0.29, 0.717) is 11.6 Å². The SMILES string of the molecule is CCCC[NH+](C)C/C(O)=C(\C#N)c1nc(-c2ccccc2)cs1. The van der Waals surface area contributed by atoms with Gasteiger partial charge in [-0.1, -0.05) is 43.7 Å². The molecular formula is C18H22N3OS+. The number of allylic oxidation sites excluding steroid dienone is 1. The second-order valence-electron chi connectivity index (χ2n) is 5.57.